The third kappa shape index (κ3) is 3.93. The first-order valence-corrected chi connectivity index (χ1v) is 6.68. The van der Waals surface area contributed by atoms with Gasteiger partial charge in [-0.05, 0) is 24.3 Å². The molecule has 0 fully saturated rings. The smallest absolute Gasteiger partial charge is 0.351 e. The van der Waals surface area contributed by atoms with E-state index in [2.05, 4.69) is 27.3 Å². The van der Waals surface area contributed by atoms with Crippen LogP contribution in [0.3, 0.4) is 0 Å². The van der Waals surface area contributed by atoms with Gasteiger partial charge in [0.1, 0.15) is 6.04 Å². The summed E-state index contributed by atoms with van der Waals surface area (Å²) in [6.07, 6.45) is -2.93. The second-order valence-electron chi connectivity index (χ2n) is 4.72. The fourth-order valence-corrected chi connectivity index (χ4v) is 1.76. The van der Waals surface area contributed by atoms with Crippen LogP contribution in [-0.2, 0) is 11.0 Å². The third-order valence-corrected chi connectivity index (χ3v) is 3.02. The zero-order valence-electron chi connectivity index (χ0n) is 12.2. The lowest BCUT2D eigenvalue weighted by molar-refractivity contribution is -0.137. The predicted molar refractivity (Wildman–Crippen MR) is 76.2 cm³/mol. The van der Waals surface area contributed by atoms with Crippen molar-refractivity contribution in [3.05, 3.63) is 42.5 Å². The first kappa shape index (κ1) is 16.7. The Morgan fingerprint density at radius 3 is 2.87 bits per heavy atom. The van der Waals surface area contributed by atoms with E-state index < -0.39 is 17.8 Å². The fourth-order valence-electron chi connectivity index (χ4n) is 1.76. The Bertz CT molecular complexity index is 710. The van der Waals surface area contributed by atoms with Gasteiger partial charge in [-0.1, -0.05) is 18.2 Å². The summed E-state index contributed by atoms with van der Waals surface area (Å²) in [5, 5.41) is 14.0. The summed E-state index contributed by atoms with van der Waals surface area (Å²) in [6, 6.07) is 3.85. The number of rotatable bonds is 5. The molecule has 0 aliphatic heterocycles. The van der Waals surface area contributed by atoms with Gasteiger partial charge in [0.2, 0.25) is 11.7 Å². The zero-order chi connectivity index (χ0) is 17.0. The Morgan fingerprint density at radius 1 is 1.48 bits per heavy atom. The molecule has 0 aliphatic carbocycles. The number of nitrogens with zero attached hydrogens (tertiary/aromatic N) is 4. The van der Waals surface area contributed by atoms with Crippen molar-refractivity contribution >= 4 is 5.91 Å². The Kier molecular flexibility index (Phi) is 4.77. The zero-order valence-corrected chi connectivity index (χ0v) is 12.2. The summed E-state index contributed by atoms with van der Waals surface area (Å²) in [5.74, 6) is -0.336. The number of amides is 1. The van der Waals surface area contributed by atoms with Crippen molar-refractivity contribution in [3.8, 4) is 11.4 Å². The fraction of sp³-hybridized carbons (Fsp3) is 0.286. The molecule has 1 heterocycles. The molecule has 1 aromatic carbocycles. The van der Waals surface area contributed by atoms with E-state index >= 15 is 0 Å². The predicted octanol–water partition coefficient (Wildman–Crippen LogP) is 2.22. The van der Waals surface area contributed by atoms with E-state index in [4.69, 9.17) is 0 Å². The molecule has 9 heteroatoms. The first-order valence-electron chi connectivity index (χ1n) is 6.68. The molecule has 1 amide bonds. The SMILES string of the molecule is C=CCNC(=O)C(C)n1nnc(-c2cccc(C(F)(F)F)c2)n1. The van der Waals surface area contributed by atoms with Gasteiger partial charge in [-0.15, -0.1) is 16.8 Å². The van der Waals surface area contributed by atoms with E-state index in [0.717, 1.165) is 16.9 Å². The van der Waals surface area contributed by atoms with Crippen LogP contribution in [0.1, 0.15) is 18.5 Å². The first-order chi connectivity index (χ1) is 10.8. The Balaban J connectivity index is 2.22. The highest BCUT2D eigenvalue weighted by atomic mass is 19.4. The Labute approximate surface area is 130 Å². The maximum atomic E-state index is 12.7. The number of hydrogen-bond acceptors (Lipinski definition) is 4. The van der Waals surface area contributed by atoms with Crippen LogP contribution in [0.25, 0.3) is 11.4 Å². The molecule has 0 saturated heterocycles. The molecule has 2 rings (SSSR count). The van der Waals surface area contributed by atoms with Gasteiger partial charge in [-0.2, -0.15) is 18.0 Å². The van der Waals surface area contributed by atoms with Crippen molar-refractivity contribution in [2.24, 2.45) is 0 Å². The quantitative estimate of drug-likeness (QED) is 0.856. The summed E-state index contributed by atoms with van der Waals surface area (Å²) in [7, 11) is 0. The molecule has 122 valence electrons. The third-order valence-electron chi connectivity index (χ3n) is 3.02. The second-order valence-corrected chi connectivity index (χ2v) is 4.72. The van der Waals surface area contributed by atoms with Crippen molar-refractivity contribution in [2.45, 2.75) is 19.1 Å². The highest BCUT2D eigenvalue weighted by Gasteiger charge is 2.30. The lowest BCUT2D eigenvalue weighted by Gasteiger charge is -2.09. The topological polar surface area (TPSA) is 72.7 Å². The number of tetrazole rings is 1. The number of hydrogen-bond donors (Lipinski definition) is 1. The van der Waals surface area contributed by atoms with Crippen molar-refractivity contribution < 1.29 is 18.0 Å². The molecule has 0 spiro atoms. The van der Waals surface area contributed by atoms with Crippen LogP contribution in [0.4, 0.5) is 13.2 Å². The molecule has 1 unspecified atom stereocenters. The molecule has 6 nitrogen and oxygen atoms in total. The molecular formula is C14H14F3N5O. The Hall–Kier alpha value is -2.71. The number of halogens is 3. The highest BCUT2D eigenvalue weighted by molar-refractivity contribution is 5.79. The largest absolute Gasteiger partial charge is 0.416 e. The average Bonchev–Trinajstić information content (AvgIpc) is 3.01. The van der Waals surface area contributed by atoms with Crippen LogP contribution in [0.5, 0.6) is 0 Å². The molecule has 0 radical (unpaired) electrons. The summed E-state index contributed by atoms with van der Waals surface area (Å²) in [4.78, 5) is 12.8. The number of aromatic nitrogens is 4. The van der Waals surface area contributed by atoms with Gasteiger partial charge in [0.15, 0.2) is 0 Å². The molecular weight excluding hydrogens is 311 g/mol. The summed E-state index contributed by atoms with van der Waals surface area (Å²) in [6.45, 7) is 5.32. The maximum Gasteiger partial charge on any atom is 0.416 e. The standard InChI is InChI=1S/C14H14F3N5O/c1-3-7-18-13(23)9(2)22-20-12(19-21-22)10-5-4-6-11(8-10)14(15,16)17/h3-6,8-9H,1,7H2,2H3,(H,18,23). The Morgan fingerprint density at radius 2 is 2.22 bits per heavy atom. The lowest BCUT2D eigenvalue weighted by atomic mass is 10.1. The van der Waals surface area contributed by atoms with Crippen molar-refractivity contribution in [3.63, 3.8) is 0 Å². The van der Waals surface area contributed by atoms with Crippen LogP contribution in [0, 0.1) is 0 Å². The lowest BCUT2D eigenvalue weighted by Crippen LogP contribution is -2.32. The maximum absolute atomic E-state index is 12.7. The van der Waals surface area contributed by atoms with Crippen molar-refractivity contribution in [2.75, 3.05) is 6.54 Å². The number of benzene rings is 1. The van der Waals surface area contributed by atoms with E-state index in [1.54, 1.807) is 6.92 Å². The van der Waals surface area contributed by atoms with Gasteiger partial charge >= 0.3 is 6.18 Å². The number of alkyl halides is 3. The molecule has 2 aromatic rings. The molecule has 1 atom stereocenters. The van der Waals surface area contributed by atoms with Gasteiger partial charge in [0.25, 0.3) is 0 Å². The van der Waals surface area contributed by atoms with Gasteiger partial charge in [0.05, 0.1) is 5.56 Å². The minimum absolute atomic E-state index is 0.0134. The van der Waals surface area contributed by atoms with E-state index in [1.807, 2.05) is 0 Å². The van der Waals surface area contributed by atoms with E-state index in [9.17, 15) is 18.0 Å². The highest BCUT2D eigenvalue weighted by Crippen LogP contribution is 2.31. The molecule has 0 saturated carbocycles. The summed E-state index contributed by atoms with van der Waals surface area (Å²) in [5.41, 5.74) is -0.632. The van der Waals surface area contributed by atoms with Gasteiger partial charge in [-0.25, -0.2) is 0 Å². The molecule has 23 heavy (non-hydrogen) atoms. The second kappa shape index (κ2) is 6.59. The minimum atomic E-state index is -4.45. The van der Waals surface area contributed by atoms with Crippen LogP contribution in [-0.4, -0.2) is 32.7 Å². The van der Waals surface area contributed by atoms with Crippen LogP contribution in [0.15, 0.2) is 36.9 Å². The minimum Gasteiger partial charge on any atom is -0.351 e. The molecule has 0 aliphatic rings. The van der Waals surface area contributed by atoms with E-state index in [1.165, 1.54) is 18.2 Å². The number of carbonyl (C=O) groups is 1. The van der Waals surface area contributed by atoms with Crippen LogP contribution < -0.4 is 5.32 Å². The normalized spacial score (nSPS) is 12.7. The molecule has 1 N–H and O–H groups in total. The van der Waals surface area contributed by atoms with E-state index in [-0.39, 0.29) is 17.3 Å². The van der Waals surface area contributed by atoms with E-state index in [0.29, 0.717) is 6.54 Å². The number of nitrogens with one attached hydrogen (secondary N) is 1. The number of carbonyl (C=O) groups excluding carboxylic acids is 1. The average molecular weight is 325 g/mol. The van der Waals surface area contributed by atoms with Crippen molar-refractivity contribution in [1.29, 1.82) is 0 Å². The van der Waals surface area contributed by atoms with Gasteiger partial charge < -0.3 is 5.32 Å². The monoisotopic (exact) mass is 325 g/mol. The van der Waals surface area contributed by atoms with Crippen LogP contribution >= 0.6 is 0 Å². The summed E-state index contributed by atoms with van der Waals surface area (Å²) >= 11 is 0. The molecule has 1 aromatic heterocycles. The summed E-state index contributed by atoms with van der Waals surface area (Å²) < 4.78 is 38.2. The van der Waals surface area contributed by atoms with Crippen molar-refractivity contribution in [1.82, 2.24) is 25.5 Å². The molecule has 0 bridgehead atoms. The van der Waals surface area contributed by atoms with Gasteiger partial charge in [-0.3, -0.25) is 4.79 Å². The van der Waals surface area contributed by atoms with Crippen LogP contribution in [0.2, 0.25) is 0 Å². The van der Waals surface area contributed by atoms with Gasteiger partial charge in [0, 0.05) is 12.1 Å².